The minimum absolute atomic E-state index is 0.0176. The van der Waals surface area contributed by atoms with E-state index < -0.39 is 6.04 Å². The molecular weight excluding hydrogens is 268 g/mol. The van der Waals surface area contributed by atoms with Crippen molar-refractivity contribution in [2.24, 2.45) is 0 Å². The molecule has 0 N–H and O–H groups in total. The van der Waals surface area contributed by atoms with Gasteiger partial charge in [-0.05, 0) is 32.4 Å². The van der Waals surface area contributed by atoms with Gasteiger partial charge in [-0.15, -0.1) is 0 Å². The molecule has 21 heavy (non-hydrogen) atoms. The Morgan fingerprint density at radius 2 is 1.76 bits per heavy atom. The maximum absolute atomic E-state index is 12.7. The number of benzene rings is 1. The zero-order valence-electron chi connectivity index (χ0n) is 12.2. The zero-order valence-corrected chi connectivity index (χ0v) is 12.2. The quantitative estimate of drug-likeness (QED) is 0.795. The Balaban J connectivity index is 2.24. The van der Waals surface area contributed by atoms with E-state index in [1.165, 1.54) is 0 Å². The standard InChI is InChI=1S/C16H18N2O3/c1-10(2)17-12-5-3-4-6-13(12)18(16(17)21)14-8-7-11(19)9-15(14)20/h3-6,10,14H,7-9H2,1-2H3. The molecule has 0 saturated heterocycles. The van der Waals surface area contributed by atoms with Gasteiger partial charge < -0.3 is 0 Å². The van der Waals surface area contributed by atoms with Crippen LogP contribution in [0.1, 0.15) is 45.2 Å². The van der Waals surface area contributed by atoms with Crippen LogP contribution in [0, 0.1) is 0 Å². The van der Waals surface area contributed by atoms with Gasteiger partial charge in [0.15, 0.2) is 5.78 Å². The van der Waals surface area contributed by atoms with E-state index in [0.29, 0.717) is 12.8 Å². The lowest BCUT2D eigenvalue weighted by Gasteiger charge is -2.21. The molecular formula is C16H18N2O3. The predicted molar refractivity (Wildman–Crippen MR) is 79.5 cm³/mol. The number of ketones is 2. The number of hydrogen-bond acceptors (Lipinski definition) is 3. The highest BCUT2D eigenvalue weighted by molar-refractivity contribution is 6.03. The summed E-state index contributed by atoms with van der Waals surface area (Å²) in [5.41, 5.74) is 1.44. The average Bonchev–Trinajstić information content (AvgIpc) is 2.71. The highest BCUT2D eigenvalue weighted by atomic mass is 16.2. The van der Waals surface area contributed by atoms with E-state index in [1.54, 1.807) is 9.13 Å². The van der Waals surface area contributed by atoms with Gasteiger partial charge in [0.2, 0.25) is 0 Å². The van der Waals surface area contributed by atoms with E-state index in [0.717, 1.165) is 11.0 Å². The Morgan fingerprint density at radius 1 is 1.10 bits per heavy atom. The van der Waals surface area contributed by atoms with Crippen molar-refractivity contribution in [3.05, 3.63) is 34.7 Å². The predicted octanol–water partition coefficient (Wildman–Crippen LogP) is 2.25. The number of imidazole rings is 1. The topological polar surface area (TPSA) is 61.1 Å². The molecule has 1 aliphatic rings. The molecule has 110 valence electrons. The molecule has 0 amide bonds. The lowest BCUT2D eigenvalue weighted by atomic mass is 9.93. The lowest BCUT2D eigenvalue weighted by molar-refractivity contribution is -0.132. The van der Waals surface area contributed by atoms with Crippen LogP contribution in [0.25, 0.3) is 11.0 Å². The van der Waals surface area contributed by atoms with Gasteiger partial charge in [-0.25, -0.2) is 4.79 Å². The van der Waals surface area contributed by atoms with Crippen LogP contribution in [-0.4, -0.2) is 20.7 Å². The number of fused-ring (bicyclic) bond motifs is 1. The monoisotopic (exact) mass is 286 g/mol. The van der Waals surface area contributed by atoms with Crippen LogP contribution in [0.4, 0.5) is 0 Å². The van der Waals surface area contributed by atoms with Crippen LogP contribution in [-0.2, 0) is 9.59 Å². The Bertz CT molecular complexity index is 782. The first-order valence-electron chi connectivity index (χ1n) is 7.26. The van der Waals surface area contributed by atoms with E-state index in [4.69, 9.17) is 0 Å². The van der Waals surface area contributed by atoms with E-state index in [1.807, 2.05) is 38.1 Å². The molecule has 0 bridgehead atoms. The molecule has 1 aromatic heterocycles. The van der Waals surface area contributed by atoms with Gasteiger partial charge in [-0.2, -0.15) is 0 Å². The summed E-state index contributed by atoms with van der Waals surface area (Å²) in [7, 11) is 0. The van der Waals surface area contributed by atoms with Crippen molar-refractivity contribution >= 4 is 22.6 Å². The fourth-order valence-electron chi connectivity index (χ4n) is 3.13. The third kappa shape index (κ3) is 2.13. The van der Waals surface area contributed by atoms with Crippen molar-refractivity contribution < 1.29 is 9.59 Å². The molecule has 1 fully saturated rings. The van der Waals surface area contributed by atoms with E-state index >= 15 is 0 Å². The zero-order chi connectivity index (χ0) is 15.1. The second-order valence-corrected chi connectivity index (χ2v) is 5.84. The number of para-hydroxylation sites is 2. The van der Waals surface area contributed by atoms with Crippen molar-refractivity contribution in [2.75, 3.05) is 0 Å². The van der Waals surface area contributed by atoms with Crippen LogP contribution in [0.15, 0.2) is 29.1 Å². The van der Waals surface area contributed by atoms with E-state index in [2.05, 4.69) is 0 Å². The summed E-state index contributed by atoms with van der Waals surface area (Å²) in [5, 5.41) is 0. The molecule has 0 aliphatic heterocycles. The molecule has 2 aromatic rings. The van der Waals surface area contributed by atoms with Crippen molar-refractivity contribution in [3.63, 3.8) is 0 Å². The lowest BCUT2D eigenvalue weighted by Crippen LogP contribution is -2.35. The van der Waals surface area contributed by atoms with Gasteiger partial charge >= 0.3 is 5.69 Å². The highest BCUT2D eigenvalue weighted by Gasteiger charge is 2.31. The van der Waals surface area contributed by atoms with Crippen molar-refractivity contribution in [1.29, 1.82) is 0 Å². The van der Waals surface area contributed by atoms with Gasteiger partial charge in [-0.1, -0.05) is 12.1 Å². The van der Waals surface area contributed by atoms with Crippen LogP contribution >= 0.6 is 0 Å². The SMILES string of the molecule is CC(C)n1c(=O)n(C2CCC(=O)CC2=O)c2ccccc21. The maximum Gasteiger partial charge on any atom is 0.330 e. The normalized spacial score (nSPS) is 19.7. The maximum atomic E-state index is 12.7. The van der Waals surface area contributed by atoms with Gasteiger partial charge in [0, 0.05) is 12.5 Å². The molecule has 1 unspecified atom stereocenters. The minimum atomic E-state index is -0.514. The average molecular weight is 286 g/mol. The first kappa shape index (κ1) is 13.8. The second kappa shape index (κ2) is 4.98. The molecule has 5 heteroatoms. The summed E-state index contributed by atoms with van der Waals surface area (Å²) in [6, 6.07) is 7.01. The molecule has 1 saturated carbocycles. The third-order valence-corrected chi connectivity index (χ3v) is 4.08. The van der Waals surface area contributed by atoms with Gasteiger partial charge in [0.25, 0.3) is 0 Å². The second-order valence-electron chi connectivity index (χ2n) is 5.84. The van der Waals surface area contributed by atoms with Crippen molar-refractivity contribution in [1.82, 2.24) is 9.13 Å². The Labute approximate surface area is 122 Å². The van der Waals surface area contributed by atoms with Crippen LogP contribution in [0.2, 0.25) is 0 Å². The molecule has 1 aromatic carbocycles. The van der Waals surface area contributed by atoms with Crippen molar-refractivity contribution in [2.45, 2.75) is 45.2 Å². The highest BCUT2D eigenvalue weighted by Crippen LogP contribution is 2.27. The summed E-state index contributed by atoms with van der Waals surface area (Å²) < 4.78 is 3.28. The number of rotatable bonds is 2. The first-order valence-corrected chi connectivity index (χ1v) is 7.26. The number of nitrogens with zero attached hydrogens (tertiary/aromatic N) is 2. The molecule has 1 aliphatic carbocycles. The first-order chi connectivity index (χ1) is 10.0. The Kier molecular flexibility index (Phi) is 3.27. The molecule has 0 radical (unpaired) electrons. The van der Waals surface area contributed by atoms with E-state index in [9.17, 15) is 14.4 Å². The minimum Gasteiger partial charge on any atom is -0.299 e. The molecule has 1 heterocycles. The molecule has 3 rings (SSSR count). The summed E-state index contributed by atoms with van der Waals surface area (Å²) >= 11 is 0. The number of Topliss-reactive ketones (excluding diaryl/α,β-unsaturated/α-hetero) is 2. The Hall–Kier alpha value is -2.17. The molecule has 5 nitrogen and oxygen atoms in total. The summed E-state index contributed by atoms with van der Waals surface area (Å²) in [6.45, 7) is 3.90. The number of hydrogen-bond donors (Lipinski definition) is 0. The summed E-state index contributed by atoms with van der Waals surface area (Å²) in [6.07, 6.45) is 0.728. The van der Waals surface area contributed by atoms with Gasteiger partial charge in [-0.3, -0.25) is 18.7 Å². The fraction of sp³-hybridized carbons (Fsp3) is 0.438. The van der Waals surface area contributed by atoms with Crippen LogP contribution in [0.3, 0.4) is 0 Å². The number of carbonyl (C=O) groups is 2. The largest absolute Gasteiger partial charge is 0.330 e. The summed E-state index contributed by atoms with van der Waals surface area (Å²) in [4.78, 5) is 36.3. The van der Waals surface area contributed by atoms with Gasteiger partial charge in [0.1, 0.15) is 5.78 Å². The van der Waals surface area contributed by atoms with Crippen LogP contribution < -0.4 is 5.69 Å². The third-order valence-electron chi connectivity index (χ3n) is 4.08. The van der Waals surface area contributed by atoms with Crippen molar-refractivity contribution in [3.8, 4) is 0 Å². The van der Waals surface area contributed by atoms with Crippen LogP contribution in [0.5, 0.6) is 0 Å². The summed E-state index contributed by atoms with van der Waals surface area (Å²) in [5.74, 6) is -0.183. The van der Waals surface area contributed by atoms with E-state index in [-0.39, 0.29) is 29.7 Å². The number of carbonyl (C=O) groups excluding carboxylic acids is 2. The Morgan fingerprint density at radius 3 is 2.38 bits per heavy atom. The molecule has 1 atom stereocenters. The number of aromatic nitrogens is 2. The smallest absolute Gasteiger partial charge is 0.299 e. The molecule has 0 spiro atoms. The fourth-order valence-corrected chi connectivity index (χ4v) is 3.13. The van der Waals surface area contributed by atoms with Gasteiger partial charge in [0.05, 0.1) is 23.5 Å².